The van der Waals surface area contributed by atoms with Crippen LogP contribution < -0.4 is 10.2 Å². The van der Waals surface area contributed by atoms with Crippen molar-refractivity contribution in [3.63, 3.8) is 0 Å². The van der Waals surface area contributed by atoms with Crippen LogP contribution in [-0.4, -0.2) is 95.8 Å². The summed E-state index contributed by atoms with van der Waals surface area (Å²) in [6, 6.07) is 3.25. The summed E-state index contributed by atoms with van der Waals surface area (Å²) in [7, 11) is 0. The third-order valence-corrected chi connectivity index (χ3v) is 6.00. The lowest BCUT2D eigenvalue weighted by atomic mass is 10.1. The number of likely N-dealkylation sites (tertiary alicyclic amines) is 1. The first-order chi connectivity index (χ1) is 13.5. The van der Waals surface area contributed by atoms with Crippen molar-refractivity contribution in [2.24, 2.45) is 0 Å². The number of amides is 1. The first kappa shape index (κ1) is 19.1. The first-order valence-corrected chi connectivity index (χ1v) is 9.86. The highest BCUT2D eigenvalue weighted by Gasteiger charge is 2.38. The van der Waals surface area contributed by atoms with Crippen LogP contribution in [0.25, 0.3) is 0 Å². The summed E-state index contributed by atoms with van der Waals surface area (Å²) < 4.78 is 13.4. The molecule has 3 saturated heterocycles. The number of hydrogen-bond donors (Lipinski definition) is 2. The third-order valence-electron chi connectivity index (χ3n) is 6.00. The molecule has 1 aromatic rings. The van der Waals surface area contributed by atoms with Crippen molar-refractivity contribution in [1.29, 1.82) is 0 Å². The number of carbonyl (C=O) groups excluding carboxylic acids is 1. The Hall–Kier alpha value is -2.26. The van der Waals surface area contributed by atoms with E-state index in [1.165, 1.54) is 0 Å². The molecule has 4 heterocycles. The summed E-state index contributed by atoms with van der Waals surface area (Å²) in [5.74, 6) is -0.438. The average molecular weight is 391 g/mol. The molecule has 1 aromatic heterocycles. The number of carbonyl (C=O) groups is 2. The molecule has 4 rings (SSSR count). The van der Waals surface area contributed by atoms with Crippen molar-refractivity contribution < 1.29 is 19.1 Å². The Bertz CT molecular complexity index is 740. The van der Waals surface area contributed by atoms with Crippen molar-refractivity contribution in [2.75, 3.05) is 50.7 Å². The molecule has 152 valence electrons. The minimum Gasteiger partial charge on any atom is -0.478 e. The molecule has 0 radical (unpaired) electrons. The molecule has 8 nitrogen and oxygen atoms in total. The first-order valence-electron chi connectivity index (χ1n) is 9.86. The van der Waals surface area contributed by atoms with E-state index in [9.17, 15) is 19.1 Å². The maximum atomic E-state index is 13.4. The van der Waals surface area contributed by atoms with Gasteiger partial charge in [0.2, 0.25) is 5.91 Å². The SMILES string of the molecule is O=C(O)c1cccnc1N1CCN([C@@H]2CN[C@H](C(=O)N3CC[C@H](F)C3)C2)CC1. The number of aromatic carboxylic acids is 1. The van der Waals surface area contributed by atoms with Gasteiger partial charge in [-0.1, -0.05) is 0 Å². The molecule has 3 atom stereocenters. The van der Waals surface area contributed by atoms with E-state index in [0.717, 1.165) is 26.1 Å². The number of carboxylic acids is 1. The molecule has 3 fully saturated rings. The number of aromatic nitrogens is 1. The van der Waals surface area contributed by atoms with Crippen LogP contribution in [0, 0.1) is 0 Å². The lowest BCUT2D eigenvalue weighted by molar-refractivity contribution is -0.132. The molecule has 3 aliphatic heterocycles. The van der Waals surface area contributed by atoms with Gasteiger partial charge in [0.15, 0.2) is 0 Å². The van der Waals surface area contributed by atoms with Crippen molar-refractivity contribution in [1.82, 2.24) is 20.1 Å². The summed E-state index contributed by atoms with van der Waals surface area (Å²) in [4.78, 5) is 34.2. The number of nitrogens with zero attached hydrogens (tertiary/aromatic N) is 4. The maximum Gasteiger partial charge on any atom is 0.339 e. The maximum absolute atomic E-state index is 13.4. The van der Waals surface area contributed by atoms with E-state index in [4.69, 9.17) is 0 Å². The summed E-state index contributed by atoms with van der Waals surface area (Å²) in [5, 5.41) is 12.7. The quantitative estimate of drug-likeness (QED) is 0.758. The summed E-state index contributed by atoms with van der Waals surface area (Å²) in [6.45, 7) is 4.45. The number of nitrogens with one attached hydrogen (secondary N) is 1. The number of pyridine rings is 1. The van der Waals surface area contributed by atoms with Crippen molar-refractivity contribution in [3.8, 4) is 0 Å². The van der Waals surface area contributed by atoms with Gasteiger partial charge in [-0.05, 0) is 25.0 Å². The van der Waals surface area contributed by atoms with Crippen molar-refractivity contribution >= 4 is 17.7 Å². The van der Waals surface area contributed by atoms with Crippen molar-refractivity contribution in [2.45, 2.75) is 31.1 Å². The molecule has 0 saturated carbocycles. The molecule has 28 heavy (non-hydrogen) atoms. The Morgan fingerprint density at radius 2 is 2.00 bits per heavy atom. The summed E-state index contributed by atoms with van der Waals surface area (Å²) in [6.07, 6.45) is 1.90. The highest BCUT2D eigenvalue weighted by atomic mass is 19.1. The van der Waals surface area contributed by atoms with E-state index in [2.05, 4.69) is 15.2 Å². The number of alkyl halides is 1. The van der Waals surface area contributed by atoms with Gasteiger partial charge in [-0.15, -0.1) is 0 Å². The smallest absolute Gasteiger partial charge is 0.339 e. The molecule has 0 aromatic carbocycles. The second-order valence-electron chi connectivity index (χ2n) is 7.72. The summed E-state index contributed by atoms with van der Waals surface area (Å²) in [5.41, 5.74) is 0.223. The largest absolute Gasteiger partial charge is 0.478 e. The molecule has 9 heteroatoms. The lowest BCUT2D eigenvalue weighted by Gasteiger charge is -2.38. The Morgan fingerprint density at radius 3 is 2.68 bits per heavy atom. The molecule has 1 amide bonds. The van der Waals surface area contributed by atoms with E-state index >= 15 is 0 Å². The van der Waals surface area contributed by atoms with Crippen LogP contribution in [0.4, 0.5) is 10.2 Å². The van der Waals surface area contributed by atoms with E-state index in [1.807, 2.05) is 4.90 Å². The number of hydrogen-bond acceptors (Lipinski definition) is 6. The highest BCUT2D eigenvalue weighted by Crippen LogP contribution is 2.23. The molecule has 3 aliphatic rings. The topological polar surface area (TPSA) is 89.0 Å². The predicted molar refractivity (Wildman–Crippen MR) is 101 cm³/mol. The molecular formula is C19H26FN5O3. The van der Waals surface area contributed by atoms with Crippen LogP contribution in [-0.2, 0) is 4.79 Å². The van der Waals surface area contributed by atoms with Gasteiger partial charge in [0, 0.05) is 51.5 Å². The zero-order chi connectivity index (χ0) is 19.7. The fourth-order valence-electron chi connectivity index (χ4n) is 4.44. The van der Waals surface area contributed by atoms with E-state index in [1.54, 1.807) is 23.2 Å². The molecule has 0 spiro atoms. The number of piperazine rings is 1. The number of carboxylic acid groups (broad SMARTS) is 1. The number of anilines is 1. The molecular weight excluding hydrogens is 365 g/mol. The Labute approximate surface area is 163 Å². The van der Waals surface area contributed by atoms with Crippen LogP contribution in [0.15, 0.2) is 18.3 Å². The highest BCUT2D eigenvalue weighted by molar-refractivity contribution is 5.93. The van der Waals surface area contributed by atoms with E-state index < -0.39 is 12.1 Å². The normalized spacial score (nSPS) is 28.7. The zero-order valence-corrected chi connectivity index (χ0v) is 15.8. The van der Waals surface area contributed by atoms with Crippen LogP contribution in [0.2, 0.25) is 0 Å². The van der Waals surface area contributed by atoms with Gasteiger partial charge in [-0.3, -0.25) is 9.69 Å². The Kier molecular flexibility index (Phi) is 5.45. The van der Waals surface area contributed by atoms with Gasteiger partial charge in [-0.25, -0.2) is 14.2 Å². The average Bonchev–Trinajstić information content (AvgIpc) is 3.37. The van der Waals surface area contributed by atoms with Crippen LogP contribution >= 0.6 is 0 Å². The Balaban J connectivity index is 1.31. The van der Waals surface area contributed by atoms with Gasteiger partial charge >= 0.3 is 5.97 Å². The van der Waals surface area contributed by atoms with Gasteiger partial charge in [0.1, 0.15) is 17.6 Å². The monoisotopic (exact) mass is 391 g/mol. The molecule has 0 bridgehead atoms. The lowest BCUT2D eigenvalue weighted by Crippen LogP contribution is -2.51. The van der Waals surface area contributed by atoms with Gasteiger partial charge in [0.25, 0.3) is 0 Å². The van der Waals surface area contributed by atoms with Crippen LogP contribution in [0.5, 0.6) is 0 Å². The fourth-order valence-corrected chi connectivity index (χ4v) is 4.44. The fraction of sp³-hybridized carbons (Fsp3) is 0.632. The zero-order valence-electron chi connectivity index (χ0n) is 15.8. The second kappa shape index (κ2) is 8.00. The van der Waals surface area contributed by atoms with E-state index in [0.29, 0.717) is 31.9 Å². The van der Waals surface area contributed by atoms with Gasteiger partial charge in [-0.2, -0.15) is 0 Å². The standard InChI is InChI=1S/C19H26FN5O3/c20-13-3-5-25(12-13)18(26)16-10-14(11-22-16)23-6-8-24(9-7-23)17-15(19(27)28)2-1-4-21-17/h1-2,4,13-14,16,22H,3,5-12H2,(H,27,28)/t13-,14-,16-/m0/s1. The molecule has 2 N–H and O–H groups in total. The minimum absolute atomic E-state index is 0.0147. The van der Waals surface area contributed by atoms with Gasteiger partial charge in [0.05, 0.1) is 12.6 Å². The number of halogens is 1. The van der Waals surface area contributed by atoms with Gasteiger partial charge < -0.3 is 20.2 Å². The Morgan fingerprint density at radius 1 is 1.21 bits per heavy atom. The van der Waals surface area contributed by atoms with E-state index in [-0.39, 0.29) is 30.1 Å². The minimum atomic E-state index is -0.968. The predicted octanol–water partition coefficient (Wildman–Crippen LogP) is 0.203. The molecule has 0 unspecified atom stereocenters. The second-order valence-corrected chi connectivity index (χ2v) is 7.72. The third kappa shape index (κ3) is 3.81. The number of rotatable bonds is 4. The van der Waals surface area contributed by atoms with Crippen LogP contribution in [0.3, 0.4) is 0 Å². The molecule has 0 aliphatic carbocycles. The van der Waals surface area contributed by atoms with Crippen LogP contribution in [0.1, 0.15) is 23.2 Å². The summed E-state index contributed by atoms with van der Waals surface area (Å²) >= 11 is 0. The van der Waals surface area contributed by atoms with Crippen molar-refractivity contribution in [3.05, 3.63) is 23.9 Å².